The van der Waals surface area contributed by atoms with Gasteiger partial charge in [0.05, 0.1) is 25.9 Å². The van der Waals surface area contributed by atoms with Crippen LogP contribution in [0.4, 0.5) is 0 Å². The zero-order chi connectivity index (χ0) is 23.1. The first-order chi connectivity index (χ1) is 15.3. The number of esters is 1. The molecule has 10 heteroatoms. The fourth-order valence-corrected chi connectivity index (χ4v) is 4.55. The summed E-state index contributed by atoms with van der Waals surface area (Å²) in [6.07, 6.45) is 0. The van der Waals surface area contributed by atoms with Crippen LogP contribution in [-0.4, -0.2) is 76.6 Å². The normalized spacial score (nSPS) is 14.3. The second kappa shape index (κ2) is 10.6. The Bertz CT molecular complexity index is 1050. The molecule has 0 radical (unpaired) electrons. The third-order valence-electron chi connectivity index (χ3n) is 5.03. The minimum absolute atomic E-state index is 0.00673. The smallest absolute Gasteiger partial charge is 0.338 e. The first-order valence-electron chi connectivity index (χ1n) is 10.0. The molecule has 0 unspecified atom stereocenters. The Kier molecular flexibility index (Phi) is 7.84. The van der Waals surface area contributed by atoms with Crippen molar-refractivity contribution in [3.63, 3.8) is 0 Å². The molecule has 0 bridgehead atoms. The highest BCUT2D eigenvalue weighted by molar-refractivity contribution is 7.89. The molecule has 0 N–H and O–H groups in total. The molecule has 32 heavy (non-hydrogen) atoms. The maximum Gasteiger partial charge on any atom is 0.338 e. The fraction of sp³-hybridized carbons (Fsp3) is 0.364. The minimum Gasteiger partial charge on any atom is -0.495 e. The second-order valence-electron chi connectivity index (χ2n) is 7.18. The first-order valence-corrected chi connectivity index (χ1v) is 11.5. The quantitative estimate of drug-likeness (QED) is 0.548. The van der Waals surface area contributed by atoms with Crippen molar-refractivity contribution in [2.24, 2.45) is 0 Å². The van der Waals surface area contributed by atoms with E-state index in [1.54, 1.807) is 4.90 Å². The van der Waals surface area contributed by atoms with Crippen molar-refractivity contribution in [3.8, 4) is 5.75 Å². The zero-order valence-electron chi connectivity index (χ0n) is 18.0. The lowest BCUT2D eigenvalue weighted by Gasteiger charge is -2.26. The van der Waals surface area contributed by atoms with E-state index in [0.29, 0.717) is 26.3 Å². The molecule has 1 fully saturated rings. The number of hydrogen-bond acceptors (Lipinski definition) is 7. The average molecular weight is 463 g/mol. The van der Waals surface area contributed by atoms with E-state index in [2.05, 4.69) is 0 Å². The van der Waals surface area contributed by atoms with Crippen molar-refractivity contribution in [2.45, 2.75) is 11.4 Å². The molecule has 1 aliphatic rings. The molecule has 172 valence electrons. The molecule has 3 rings (SSSR count). The lowest BCUT2D eigenvalue weighted by molar-refractivity contribution is -0.138. The fourth-order valence-electron chi connectivity index (χ4n) is 3.21. The van der Waals surface area contributed by atoms with Gasteiger partial charge in [-0.2, -0.15) is 4.31 Å². The summed E-state index contributed by atoms with van der Waals surface area (Å²) in [5.74, 6) is -1.02. The van der Waals surface area contributed by atoms with Gasteiger partial charge in [-0.05, 0) is 23.8 Å². The van der Waals surface area contributed by atoms with Crippen LogP contribution < -0.4 is 4.74 Å². The van der Waals surface area contributed by atoms with Gasteiger partial charge in [-0.15, -0.1) is 0 Å². The molecule has 0 aliphatic carbocycles. The number of benzene rings is 2. The topological polar surface area (TPSA) is 102 Å². The van der Waals surface area contributed by atoms with E-state index in [4.69, 9.17) is 14.2 Å². The van der Waals surface area contributed by atoms with E-state index in [9.17, 15) is 18.0 Å². The summed E-state index contributed by atoms with van der Waals surface area (Å²) in [4.78, 5) is 26.1. The summed E-state index contributed by atoms with van der Waals surface area (Å²) in [5, 5.41) is 0. The van der Waals surface area contributed by atoms with Crippen molar-refractivity contribution in [1.29, 1.82) is 0 Å². The molecule has 1 aliphatic heterocycles. The van der Waals surface area contributed by atoms with E-state index < -0.39 is 22.6 Å². The van der Waals surface area contributed by atoms with Crippen LogP contribution in [0, 0.1) is 0 Å². The van der Waals surface area contributed by atoms with Crippen LogP contribution in [-0.2, 0) is 30.8 Å². The lowest BCUT2D eigenvalue weighted by Crippen LogP contribution is -2.42. The Labute approximate surface area is 187 Å². The maximum atomic E-state index is 13.2. The molecule has 0 saturated carbocycles. The molecule has 2 aromatic rings. The highest BCUT2D eigenvalue weighted by Gasteiger charge is 2.27. The minimum atomic E-state index is -3.97. The largest absolute Gasteiger partial charge is 0.495 e. The Morgan fingerprint density at radius 2 is 1.78 bits per heavy atom. The number of carbonyl (C=O) groups is 2. The summed E-state index contributed by atoms with van der Waals surface area (Å²) >= 11 is 0. The number of rotatable bonds is 8. The second-order valence-corrected chi connectivity index (χ2v) is 9.19. The van der Waals surface area contributed by atoms with Crippen LogP contribution in [0.5, 0.6) is 5.75 Å². The maximum absolute atomic E-state index is 13.2. The summed E-state index contributed by atoms with van der Waals surface area (Å²) in [6, 6.07) is 13.1. The third kappa shape index (κ3) is 5.64. The third-order valence-corrected chi connectivity index (χ3v) is 6.85. The van der Waals surface area contributed by atoms with Crippen molar-refractivity contribution >= 4 is 21.9 Å². The zero-order valence-corrected chi connectivity index (χ0v) is 18.8. The number of methoxy groups -OCH3 is 1. The number of morpholine rings is 1. The van der Waals surface area contributed by atoms with Gasteiger partial charge in [0.25, 0.3) is 5.91 Å². The number of hydrogen-bond donors (Lipinski definition) is 0. The van der Waals surface area contributed by atoms with Crippen molar-refractivity contribution in [1.82, 2.24) is 9.21 Å². The molecule has 0 aromatic heterocycles. The van der Waals surface area contributed by atoms with Crippen LogP contribution in [0.25, 0.3) is 0 Å². The van der Waals surface area contributed by atoms with Gasteiger partial charge in [0.15, 0.2) is 6.61 Å². The highest BCUT2D eigenvalue weighted by atomic mass is 32.2. The molecule has 1 heterocycles. The average Bonchev–Trinajstić information content (AvgIpc) is 2.83. The predicted molar refractivity (Wildman–Crippen MR) is 116 cm³/mol. The van der Waals surface area contributed by atoms with Gasteiger partial charge in [-0.1, -0.05) is 30.3 Å². The number of amides is 1. The van der Waals surface area contributed by atoms with Crippen LogP contribution in [0.3, 0.4) is 0 Å². The van der Waals surface area contributed by atoms with Crippen LogP contribution >= 0.6 is 0 Å². The van der Waals surface area contributed by atoms with Gasteiger partial charge < -0.3 is 19.1 Å². The Hall–Kier alpha value is -2.95. The van der Waals surface area contributed by atoms with Gasteiger partial charge in [0, 0.05) is 26.7 Å². The number of sulfonamides is 1. The summed E-state index contributed by atoms with van der Waals surface area (Å²) in [5.41, 5.74) is 0.821. The van der Waals surface area contributed by atoms with E-state index in [-0.39, 0.29) is 28.7 Å². The summed E-state index contributed by atoms with van der Waals surface area (Å²) in [6.45, 7) is 1.48. The molecular formula is C22H26N2O7S. The van der Waals surface area contributed by atoms with Crippen molar-refractivity contribution in [3.05, 3.63) is 59.7 Å². The van der Waals surface area contributed by atoms with Gasteiger partial charge in [0.1, 0.15) is 10.6 Å². The van der Waals surface area contributed by atoms with Gasteiger partial charge in [-0.25, -0.2) is 13.2 Å². The Morgan fingerprint density at radius 3 is 2.44 bits per heavy atom. The number of nitrogens with zero attached hydrogens (tertiary/aromatic N) is 2. The van der Waals surface area contributed by atoms with E-state index in [1.807, 2.05) is 30.3 Å². The van der Waals surface area contributed by atoms with Crippen LogP contribution in [0.1, 0.15) is 15.9 Å². The van der Waals surface area contributed by atoms with Crippen LogP contribution in [0.2, 0.25) is 0 Å². The summed E-state index contributed by atoms with van der Waals surface area (Å²) < 4.78 is 43.1. The van der Waals surface area contributed by atoms with Gasteiger partial charge in [0.2, 0.25) is 10.0 Å². The molecule has 1 amide bonds. The highest BCUT2D eigenvalue weighted by Crippen LogP contribution is 2.28. The molecule has 0 atom stereocenters. The molecule has 0 spiro atoms. The molecule has 2 aromatic carbocycles. The first kappa shape index (κ1) is 23.7. The van der Waals surface area contributed by atoms with Crippen molar-refractivity contribution in [2.75, 3.05) is 47.1 Å². The predicted octanol–water partition coefficient (Wildman–Crippen LogP) is 1.53. The number of ether oxygens (including phenoxy) is 3. The van der Waals surface area contributed by atoms with E-state index in [0.717, 1.165) is 5.56 Å². The Balaban J connectivity index is 1.75. The summed E-state index contributed by atoms with van der Waals surface area (Å²) in [7, 11) is -1.17. The number of carbonyl (C=O) groups excluding carboxylic acids is 2. The standard InChI is InChI=1S/C22H26N2O7S/c1-23(15-17-6-4-3-5-7-17)32(27,28)20-14-18(8-9-19(20)29-2)22(26)31-16-21(25)24-10-12-30-13-11-24/h3-9,14H,10-13,15-16H2,1-2H3. The SMILES string of the molecule is COc1ccc(C(=O)OCC(=O)N2CCOCC2)cc1S(=O)(=O)N(C)Cc1ccccc1. The van der Waals surface area contributed by atoms with E-state index in [1.165, 1.54) is 36.7 Å². The van der Waals surface area contributed by atoms with Gasteiger partial charge >= 0.3 is 5.97 Å². The Morgan fingerprint density at radius 1 is 1.09 bits per heavy atom. The van der Waals surface area contributed by atoms with Crippen molar-refractivity contribution < 1.29 is 32.2 Å². The monoisotopic (exact) mass is 462 g/mol. The van der Waals surface area contributed by atoms with Crippen LogP contribution in [0.15, 0.2) is 53.4 Å². The molecule has 1 saturated heterocycles. The van der Waals surface area contributed by atoms with E-state index >= 15 is 0 Å². The van der Waals surface area contributed by atoms with Gasteiger partial charge in [-0.3, -0.25) is 4.79 Å². The molecular weight excluding hydrogens is 436 g/mol. The molecule has 9 nitrogen and oxygen atoms in total. The lowest BCUT2D eigenvalue weighted by atomic mass is 10.2.